The lowest BCUT2D eigenvalue weighted by atomic mass is 10.1. The zero-order valence-electron chi connectivity index (χ0n) is 13.0. The zero-order valence-corrected chi connectivity index (χ0v) is 13.8. The first kappa shape index (κ1) is 14.9. The van der Waals surface area contributed by atoms with Crippen LogP contribution in [0, 0.1) is 13.8 Å². The minimum atomic E-state index is -3.59. The highest BCUT2D eigenvalue weighted by atomic mass is 32.2. The topological polar surface area (TPSA) is 39.1 Å². The molecule has 0 atom stereocenters. The molecule has 0 amide bonds. The van der Waals surface area contributed by atoms with E-state index in [9.17, 15) is 8.42 Å². The molecule has 114 valence electrons. The van der Waals surface area contributed by atoms with E-state index < -0.39 is 10.0 Å². The van der Waals surface area contributed by atoms with Crippen molar-refractivity contribution in [3.8, 4) is 0 Å². The van der Waals surface area contributed by atoms with Gasteiger partial charge in [-0.3, -0.25) is 0 Å². The monoisotopic (exact) mass is 313 g/mol. The molecule has 0 saturated heterocycles. The Labute approximate surface area is 131 Å². The molecule has 0 radical (unpaired) electrons. The number of hydrogen-bond donors (Lipinski definition) is 0. The van der Waals surface area contributed by atoms with Crippen LogP contribution in [0.5, 0.6) is 0 Å². The average molecular weight is 313 g/mol. The van der Waals surface area contributed by atoms with Crippen molar-refractivity contribution in [2.75, 3.05) is 0 Å². The molecule has 0 aliphatic heterocycles. The van der Waals surface area contributed by atoms with Gasteiger partial charge in [-0.05, 0) is 44.0 Å². The van der Waals surface area contributed by atoms with Gasteiger partial charge in [0.1, 0.15) is 0 Å². The molecule has 2 aromatic carbocycles. The molecule has 0 unspecified atom stereocenters. The zero-order chi connectivity index (χ0) is 15.9. The minimum absolute atomic E-state index is 0.327. The van der Waals surface area contributed by atoms with Crippen LogP contribution in [-0.2, 0) is 16.4 Å². The Bertz CT molecular complexity index is 935. The molecular formula is C18H19NO2S. The van der Waals surface area contributed by atoms with Crippen molar-refractivity contribution in [3.05, 3.63) is 65.4 Å². The standard InChI is InChI=1S/C18H19NO2S/c1-4-17-14(3)16-7-5-6-8-18(16)19(17)22(20,21)15-11-9-13(2)10-12-15/h5-12H,4H2,1-3H3. The fourth-order valence-corrected chi connectivity index (χ4v) is 4.59. The first-order chi connectivity index (χ1) is 10.5. The third-order valence-electron chi connectivity index (χ3n) is 4.10. The summed E-state index contributed by atoms with van der Waals surface area (Å²) in [4.78, 5) is 0.327. The predicted octanol–water partition coefficient (Wildman–Crippen LogP) is 4.06. The molecule has 0 fully saturated rings. The van der Waals surface area contributed by atoms with E-state index in [4.69, 9.17) is 0 Å². The second-order valence-corrected chi connectivity index (χ2v) is 7.31. The summed E-state index contributed by atoms with van der Waals surface area (Å²) in [7, 11) is -3.59. The van der Waals surface area contributed by atoms with E-state index in [0.29, 0.717) is 11.3 Å². The fourth-order valence-electron chi connectivity index (χ4n) is 2.92. The van der Waals surface area contributed by atoms with Crippen LogP contribution < -0.4 is 0 Å². The van der Waals surface area contributed by atoms with Crippen LogP contribution >= 0.6 is 0 Å². The quantitative estimate of drug-likeness (QED) is 0.731. The van der Waals surface area contributed by atoms with E-state index in [2.05, 4.69) is 0 Å². The first-order valence-electron chi connectivity index (χ1n) is 7.38. The Morgan fingerprint density at radius 1 is 0.955 bits per heavy atom. The van der Waals surface area contributed by atoms with Gasteiger partial charge >= 0.3 is 0 Å². The molecule has 0 spiro atoms. The molecule has 3 nitrogen and oxygen atoms in total. The maximum absolute atomic E-state index is 13.1. The van der Waals surface area contributed by atoms with E-state index in [1.54, 1.807) is 12.1 Å². The molecule has 0 saturated carbocycles. The molecule has 4 heteroatoms. The number of fused-ring (bicyclic) bond motifs is 1. The molecule has 3 aromatic rings. The molecule has 1 heterocycles. The van der Waals surface area contributed by atoms with Crippen LogP contribution in [0.3, 0.4) is 0 Å². The number of benzene rings is 2. The number of nitrogens with zero attached hydrogens (tertiary/aromatic N) is 1. The van der Waals surface area contributed by atoms with E-state index in [1.165, 1.54) is 3.97 Å². The molecule has 3 rings (SSSR count). The van der Waals surface area contributed by atoms with Gasteiger partial charge in [-0.2, -0.15) is 0 Å². The smallest absolute Gasteiger partial charge is 0.238 e. The lowest BCUT2D eigenvalue weighted by molar-refractivity contribution is 0.587. The SMILES string of the molecule is CCc1c(C)c2ccccc2n1S(=O)(=O)c1ccc(C)cc1. The van der Waals surface area contributed by atoms with Crippen LogP contribution in [0.25, 0.3) is 10.9 Å². The van der Waals surface area contributed by atoms with Crippen molar-refractivity contribution in [2.45, 2.75) is 32.1 Å². The number of rotatable bonds is 3. The van der Waals surface area contributed by atoms with Gasteiger partial charge < -0.3 is 0 Å². The molecule has 0 aliphatic carbocycles. The summed E-state index contributed by atoms with van der Waals surface area (Å²) < 4.78 is 27.7. The maximum atomic E-state index is 13.1. The van der Waals surface area contributed by atoms with Gasteiger partial charge in [0.15, 0.2) is 0 Å². The van der Waals surface area contributed by atoms with Gasteiger partial charge in [0.25, 0.3) is 10.0 Å². The summed E-state index contributed by atoms with van der Waals surface area (Å²) >= 11 is 0. The molecule has 0 N–H and O–H groups in total. The van der Waals surface area contributed by atoms with Gasteiger partial charge in [-0.25, -0.2) is 12.4 Å². The molecule has 0 bridgehead atoms. The minimum Gasteiger partial charge on any atom is -0.238 e. The van der Waals surface area contributed by atoms with Crippen molar-refractivity contribution < 1.29 is 8.42 Å². The van der Waals surface area contributed by atoms with Crippen LogP contribution in [0.1, 0.15) is 23.7 Å². The third-order valence-corrected chi connectivity index (χ3v) is 5.86. The maximum Gasteiger partial charge on any atom is 0.268 e. The van der Waals surface area contributed by atoms with Gasteiger partial charge in [0.2, 0.25) is 0 Å². The Hall–Kier alpha value is -2.07. The van der Waals surface area contributed by atoms with Gasteiger partial charge in [0, 0.05) is 11.1 Å². The Kier molecular flexibility index (Phi) is 3.57. The van der Waals surface area contributed by atoms with Crippen molar-refractivity contribution >= 4 is 20.9 Å². The second kappa shape index (κ2) is 5.29. The van der Waals surface area contributed by atoms with Crippen molar-refractivity contribution in [2.24, 2.45) is 0 Å². The van der Waals surface area contributed by atoms with Crippen molar-refractivity contribution in [3.63, 3.8) is 0 Å². The Morgan fingerprint density at radius 3 is 2.23 bits per heavy atom. The summed E-state index contributed by atoms with van der Waals surface area (Å²) in [5, 5.41) is 0.995. The largest absolute Gasteiger partial charge is 0.268 e. The summed E-state index contributed by atoms with van der Waals surface area (Å²) in [6, 6.07) is 14.7. The van der Waals surface area contributed by atoms with E-state index in [-0.39, 0.29) is 0 Å². The predicted molar refractivity (Wildman–Crippen MR) is 89.8 cm³/mol. The Balaban J connectivity index is 2.36. The highest BCUT2D eigenvalue weighted by molar-refractivity contribution is 7.90. The molecule has 22 heavy (non-hydrogen) atoms. The lowest BCUT2D eigenvalue weighted by Crippen LogP contribution is -2.15. The second-order valence-electron chi connectivity index (χ2n) is 5.52. The highest BCUT2D eigenvalue weighted by Crippen LogP contribution is 2.30. The number of aromatic nitrogens is 1. The van der Waals surface area contributed by atoms with Crippen molar-refractivity contribution in [1.82, 2.24) is 3.97 Å². The van der Waals surface area contributed by atoms with E-state index >= 15 is 0 Å². The number of para-hydroxylation sites is 1. The van der Waals surface area contributed by atoms with Crippen LogP contribution in [0.15, 0.2) is 53.4 Å². The number of hydrogen-bond acceptors (Lipinski definition) is 2. The normalized spacial score (nSPS) is 12.0. The summed E-state index contributed by atoms with van der Waals surface area (Å²) in [6.45, 7) is 5.92. The van der Waals surface area contributed by atoms with Gasteiger partial charge in [-0.1, -0.05) is 42.8 Å². The van der Waals surface area contributed by atoms with Crippen LogP contribution in [0.4, 0.5) is 0 Å². The highest BCUT2D eigenvalue weighted by Gasteiger charge is 2.24. The van der Waals surface area contributed by atoms with Gasteiger partial charge in [-0.15, -0.1) is 0 Å². The summed E-state index contributed by atoms with van der Waals surface area (Å²) in [5.74, 6) is 0. The summed E-state index contributed by atoms with van der Waals surface area (Å²) in [6.07, 6.45) is 0.672. The average Bonchev–Trinajstić information content (AvgIpc) is 2.81. The van der Waals surface area contributed by atoms with Crippen molar-refractivity contribution in [1.29, 1.82) is 0 Å². The van der Waals surface area contributed by atoms with Crippen LogP contribution in [0.2, 0.25) is 0 Å². The molecular weight excluding hydrogens is 294 g/mol. The van der Waals surface area contributed by atoms with E-state index in [0.717, 1.165) is 27.7 Å². The fraction of sp³-hybridized carbons (Fsp3) is 0.222. The molecule has 1 aromatic heterocycles. The number of aryl methyl sites for hydroxylation is 2. The Morgan fingerprint density at radius 2 is 1.59 bits per heavy atom. The lowest BCUT2D eigenvalue weighted by Gasteiger charge is -2.11. The van der Waals surface area contributed by atoms with E-state index in [1.807, 2.05) is 57.2 Å². The first-order valence-corrected chi connectivity index (χ1v) is 8.82. The summed E-state index contributed by atoms with van der Waals surface area (Å²) in [5.41, 5.74) is 3.68. The van der Waals surface area contributed by atoms with Crippen LogP contribution in [-0.4, -0.2) is 12.4 Å². The van der Waals surface area contributed by atoms with Gasteiger partial charge in [0.05, 0.1) is 10.4 Å². The molecule has 0 aliphatic rings. The third kappa shape index (κ3) is 2.15.